The molecular weight excluding hydrogens is 172 g/mol. The van der Waals surface area contributed by atoms with Gasteiger partial charge in [-0.1, -0.05) is 0 Å². The second kappa shape index (κ2) is 8.01. The molecule has 4 heteroatoms. The quantitative estimate of drug-likeness (QED) is 0.562. The first-order valence-corrected chi connectivity index (χ1v) is 4.53. The molecule has 0 saturated carbocycles. The van der Waals surface area contributed by atoms with Crippen LogP contribution in [0.3, 0.4) is 0 Å². The molecule has 0 rings (SSSR count). The molecule has 0 N–H and O–H groups in total. The van der Waals surface area contributed by atoms with Crippen LogP contribution in [0.2, 0.25) is 0 Å². The molecule has 0 bridgehead atoms. The van der Waals surface area contributed by atoms with Gasteiger partial charge in [-0.2, -0.15) is 0 Å². The number of ether oxygens (including phenoxy) is 3. The molecular formula is C9H18O4. The highest BCUT2D eigenvalue weighted by Gasteiger charge is 2.11. The molecule has 13 heavy (non-hydrogen) atoms. The van der Waals surface area contributed by atoms with Crippen LogP contribution in [0.4, 0.5) is 0 Å². The van der Waals surface area contributed by atoms with E-state index in [2.05, 4.69) is 0 Å². The largest absolute Gasteiger partial charge is 0.458 e. The van der Waals surface area contributed by atoms with Gasteiger partial charge in [-0.05, 0) is 13.8 Å². The molecule has 0 aromatic rings. The summed E-state index contributed by atoms with van der Waals surface area (Å²) in [6.07, 6.45) is -0.280. The Morgan fingerprint density at radius 3 is 1.92 bits per heavy atom. The van der Waals surface area contributed by atoms with E-state index in [1.165, 1.54) is 6.92 Å². The Bertz CT molecular complexity index is 128. The third-order valence-corrected chi connectivity index (χ3v) is 1.35. The molecule has 0 heterocycles. The van der Waals surface area contributed by atoms with Gasteiger partial charge in [-0.15, -0.1) is 0 Å². The van der Waals surface area contributed by atoms with Gasteiger partial charge >= 0.3 is 5.97 Å². The van der Waals surface area contributed by atoms with E-state index in [0.29, 0.717) is 26.4 Å². The van der Waals surface area contributed by atoms with Gasteiger partial charge in [0.15, 0.2) is 0 Å². The number of rotatable bonds is 7. The zero-order chi connectivity index (χ0) is 10.1. The summed E-state index contributed by atoms with van der Waals surface area (Å²) < 4.78 is 15.2. The Morgan fingerprint density at radius 2 is 1.62 bits per heavy atom. The fourth-order valence-electron chi connectivity index (χ4n) is 0.849. The van der Waals surface area contributed by atoms with Crippen molar-refractivity contribution in [2.24, 2.45) is 0 Å². The standard InChI is InChI=1S/C9H18O4/c1-4-11-6-9(7-12-5-2)13-8(3)10/h9H,4-7H2,1-3H3. The Kier molecular flexibility index (Phi) is 7.63. The van der Waals surface area contributed by atoms with Crippen molar-refractivity contribution in [3.05, 3.63) is 0 Å². The van der Waals surface area contributed by atoms with E-state index in [4.69, 9.17) is 14.2 Å². The molecule has 0 aromatic heterocycles. The lowest BCUT2D eigenvalue weighted by Crippen LogP contribution is -2.27. The first kappa shape index (κ1) is 12.4. The molecule has 4 nitrogen and oxygen atoms in total. The fourth-order valence-corrected chi connectivity index (χ4v) is 0.849. The van der Waals surface area contributed by atoms with Crippen LogP contribution in [0.1, 0.15) is 20.8 Å². The van der Waals surface area contributed by atoms with Crippen LogP contribution in [-0.4, -0.2) is 38.5 Å². The molecule has 0 radical (unpaired) electrons. The topological polar surface area (TPSA) is 44.8 Å². The van der Waals surface area contributed by atoms with Crippen molar-refractivity contribution >= 4 is 5.97 Å². The summed E-state index contributed by atoms with van der Waals surface area (Å²) in [5.41, 5.74) is 0. The van der Waals surface area contributed by atoms with Crippen molar-refractivity contribution in [1.82, 2.24) is 0 Å². The summed E-state index contributed by atoms with van der Waals surface area (Å²) in [6, 6.07) is 0. The van der Waals surface area contributed by atoms with Gasteiger partial charge in [0.2, 0.25) is 0 Å². The maximum Gasteiger partial charge on any atom is 0.303 e. The lowest BCUT2D eigenvalue weighted by atomic mass is 10.4. The average molecular weight is 190 g/mol. The van der Waals surface area contributed by atoms with E-state index in [1.807, 2.05) is 13.8 Å². The van der Waals surface area contributed by atoms with E-state index < -0.39 is 0 Å². The molecule has 0 spiro atoms. The number of esters is 1. The van der Waals surface area contributed by atoms with E-state index >= 15 is 0 Å². The van der Waals surface area contributed by atoms with Crippen LogP contribution < -0.4 is 0 Å². The van der Waals surface area contributed by atoms with Gasteiger partial charge < -0.3 is 14.2 Å². The van der Waals surface area contributed by atoms with E-state index in [0.717, 1.165) is 0 Å². The van der Waals surface area contributed by atoms with E-state index in [1.54, 1.807) is 0 Å². The van der Waals surface area contributed by atoms with Crippen LogP contribution in [0.5, 0.6) is 0 Å². The van der Waals surface area contributed by atoms with Crippen LogP contribution in [-0.2, 0) is 19.0 Å². The summed E-state index contributed by atoms with van der Waals surface area (Å²) in [5, 5.41) is 0. The van der Waals surface area contributed by atoms with Crippen molar-refractivity contribution < 1.29 is 19.0 Å². The number of carbonyl (C=O) groups is 1. The fraction of sp³-hybridized carbons (Fsp3) is 0.889. The van der Waals surface area contributed by atoms with Crippen molar-refractivity contribution in [2.75, 3.05) is 26.4 Å². The summed E-state index contributed by atoms with van der Waals surface area (Å²) in [6.45, 7) is 7.20. The van der Waals surface area contributed by atoms with E-state index in [9.17, 15) is 4.79 Å². The maximum absolute atomic E-state index is 10.6. The van der Waals surface area contributed by atoms with Gasteiger partial charge in [0, 0.05) is 20.1 Å². The molecule has 78 valence electrons. The summed E-state index contributed by atoms with van der Waals surface area (Å²) in [7, 11) is 0. The van der Waals surface area contributed by atoms with Gasteiger partial charge in [0.25, 0.3) is 0 Å². The normalized spacial score (nSPS) is 10.5. The minimum Gasteiger partial charge on any atom is -0.458 e. The summed E-state index contributed by atoms with van der Waals surface area (Å²) in [5.74, 6) is -0.301. The molecule has 0 aliphatic heterocycles. The highest BCUT2D eigenvalue weighted by atomic mass is 16.6. The zero-order valence-electron chi connectivity index (χ0n) is 8.54. The molecule has 0 aliphatic carbocycles. The van der Waals surface area contributed by atoms with Gasteiger partial charge in [0.1, 0.15) is 6.10 Å². The first-order chi connectivity index (χ1) is 6.20. The van der Waals surface area contributed by atoms with Crippen molar-refractivity contribution in [3.8, 4) is 0 Å². The molecule has 0 unspecified atom stereocenters. The summed E-state index contributed by atoms with van der Waals surface area (Å²) in [4.78, 5) is 10.6. The number of carbonyl (C=O) groups excluding carboxylic acids is 1. The molecule has 0 aromatic carbocycles. The smallest absolute Gasteiger partial charge is 0.303 e. The second-order valence-corrected chi connectivity index (χ2v) is 2.55. The van der Waals surface area contributed by atoms with Crippen molar-refractivity contribution in [2.45, 2.75) is 26.9 Å². The van der Waals surface area contributed by atoms with Crippen LogP contribution in [0.15, 0.2) is 0 Å². The third-order valence-electron chi connectivity index (χ3n) is 1.35. The van der Waals surface area contributed by atoms with Crippen LogP contribution in [0.25, 0.3) is 0 Å². The molecule has 0 saturated heterocycles. The lowest BCUT2D eigenvalue weighted by molar-refractivity contribution is -0.153. The minimum absolute atomic E-state index is 0.280. The zero-order valence-corrected chi connectivity index (χ0v) is 8.54. The molecule has 0 aliphatic rings. The number of hydrogen-bond donors (Lipinski definition) is 0. The highest BCUT2D eigenvalue weighted by Crippen LogP contribution is 1.96. The van der Waals surface area contributed by atoms with E-state index in [-0.39, 0.29) is 12.1 Å². The Labute approximate surface area is 79.2 Å². The lowest BCUT2D eigenvalue weighted by Gasteiger charge is -2.16. The number of hydrogen-bond acceptors (Lipinski definition) is 4. The first-order valence-electron chi connectivity index (χ1n) is 4.53. The average Bonchev–Trinajstić information content (AvgIpc) is 2.09. The SMILES string of the molecule is CCOCC(COCC)OC(C)=O. The Hall–Kier alpha value is -0.610. The second-order valence-electron chi connectivity index (χ2n) is 2.55. The predicted octanol–water partition coefficient (Wildman–Crippen LogP) is 0.991. The van der Waals surface area contributed by atoms with Crippen LogP contribution >= 0.6 is 0 Å². The van der Waals surface area contributed by atoms with Crippen LogP contribution in [0, 0.1) is 0 Å². The minimum atomic E-state index is -0.301. The molecule has 0 fully saturated rings. The predicted molar refractivity (Wildman–Crippen MR) is 48.5 cm³/mol. The Morgan fingerprint density at radius 1 is 1.15 bits per heavy atom. The summed E-state index contributed by atoms with van der Waals surface area (Å²) >= 11 is 0. The van der Waals surface area contributed by atoms with Crippen molar-refractivity contribution in [3.63, 3.8) is 0 Å². The molecule has 0 amide bonds. The van der Waals surface area contributed by atoms with Gasteiger partial charge in [-0.3, -0.25) is 4.79 Å². The van der Waals surface area contributed by atoms with Crippen molar-refractivity contribution in [1.29, 1.82) is 0 Å². The Balaban J connectivity index is 3.66. The maximum atomic E-state index is 10.6. The van der Waals surface area contributed by atoms with Gasteiger partial charge in [-0.25, -0.2) is 0 Å². The highest BCUT2D eigenvalue weighted by molar-refractivity contribution is 5.66. The third kappa shape index (κ3) is 7.74. The molecule has 0 atom stereocenters. The van der Waals surface area contributed by atoms with Gasteiger partial charge in [0.05, 0.1) is 13.2 Å². The monoisotopic (exact) mass is 190 g/mol.